The number of benzene rings is 2. The summed E-state index contributed by atoms with van der Waals surface area (Å²) < 4.78 is 6.72. The highest BCUT2D eigenvalue weighted by Crippen LogP contribution is 2.34. The van der Waals surface area contributed by atoms with E-state index < -0.39 is 0 Å². The van der Waals surface area contributed by atoms with Gasteiger partial charge in [0.1, 0.15) is 5.69 Å². The Bertz CT molecular complexity index is 1660. The van der Waals surface area contributed by atoms with Crippen molar-refractivity contribution in [3.05, 3.63) is 108 Å². The molecule has 0 fully saturated rings. The van der Waals surface area contributed by atoms with E-state index in [-0.39, 0.29) is 0 Å². The summed E-state index contributed by atoms with van der Waals surface area (Å²) in [6, 6.07) is 30.2. The van der Waals surface area contributed by atoms with Crippen molar-refractivity contribution in [1.82, 2.24) is 24.1 Å². The van der Waals surface area contributed by atoms with Gasteiger partial charge in [0.05, 0.1) is 40.4 Å². The molecule has 0 radical (unpaired) electrons. The van der Waals surface area contributed by atoms with Crippen LogP contribution in [0.4, 0.5) is 0 Å². The van der Waals surface area contributed by atoms with Crippen LogP contribution in [-0.4, -0.2) is 24.1 Å². The second kappa shape index (κ2) is 8.93. The van der Waals surface area contributed by atoms with Crippen LogP contribution in [0.2, 0.25) is 0 Å². The fraction of sp³-hybridized carbons (Fsp3) is 0.103. The maximum atomic E-state index is 4.54. The molecule has 0 bridgehead atoms. The lowest BCUT2D eigenvalue weighted by atomic mass is 10.2. The van der Waals surface area contributed by atoms with Gasteiger partial charge in [-0.3, -0.25) is 4.68 Å². The maximum Gasteiger partial charge on any atom is 0.102 e. The summed E-state index contributed by atoms with van der Waals surface area (Å²) in [7, 11) is 0. The Morgan fingerprint density at radius 1 is 0.611 bits per heavy atom. The zero-order valence-electron chi connectivity index (χ0n) is 19.5. The van der Waals surface area contributed by atoms with E-state index in [1.165, 1.54) is 42.9 Å². The predicted molar refractivity (Wildman–Crippen MR) is 150 cm³/mol. The highest BCUT2D eigenvalue weighted by molar-refractivity contribution is 7.14. The molecule has 36 heavy (non-hydrogen) atoms. The van der Waals surface area contributed by atoms with Gasteiger partial charge in [-0.2, -0.15) is 0 Å². The fourth-order valence-corrected chi connectivity index (χ4v) is 6.57. The average molecular weight is 506 g/mol. The van der Waals surface area contributed by atoms with Crippen LogP contribution in [0.25, 0.3) is 42.9 Å². The lowest BCUT2D eigenvalue weighted by molar-refractivity contribution is 0.525. The Morgan fingerprint density at radius 2 is 1.22 bits per heavy atom. The molecular formula is C29H23N5S2. The Balaban J connectivity index is 1.17. The number of nitrogens with zero attached hydrogens (tertiary/aromatic N) is 5. The molecule has 7 aromatic rings. The van der Waals surface area contributed by atoms with Crippen molar-refractivity contribution >= 4 is 44.5 Å². The molecule has 0 saturated carbocycles. The van der Waals surface area contributed by atoms with Crippen LogP contribution in [-0.2, 0) is 19.6 Å². The van der Waals surface area contributed by atoms with E-state index in [0.29, 0.717) is 6.54 Å². The lowest BCUT2D eigenvalue weighted by Crippen LogP contribution is -2.09. The summed E-state index contributed by atoms with van der Waals surface area (Å²) in [5.74, 6) is 0. The first-order valence-corrected chi connectivity index (χ1v) is 13.7. The summed E-state index contributed by atoms with van der Waals surface area (Å²) in [6.07, 6.45) is 2.09. The van der Waals surface area contributed by atoms with E-state index in [4.69, 9.17) is 0 Å². The van der Waals surface area contributed by atoms with Crippen molar-refractivity contribution in [3.63, 3.8) is 0 Å². The first-order chi connectivity index (χ1) is 17.8. The largest absolute Gasteiger partial charge is 0.337 e. The van der Waals surface area contributed by atoms with Gasteiger partial charge >= 0.3 is 0 Å². The number of rotatable bonds is 7. The standard InChI is InChI=1S/C29H23N5S2/c1-3-9-24-22(7-1)23-8-2-4-10-25(23)34(24)20-21-19-32(31-30-21)15-16-33-26(28-11-5-17-35-28)13-14-27(33)29-12-6-18-36-29/h1-14,17-19H,15-16,20H2. The zero-order valence-corrected chi connectivity index (χ0v) is 21.1. The van der Waals surface area contributed by atoms with Crippen molar-refractivity contribution in [3.8, 4) is 21.1 Å². The van der Waals surface area contributed by atoms with Crippen LogP contribution in [0, 0.1) is 0 Å². The number of aryl methyl sites for hydroxylation is 1. The van der Waals surface area contributed by atoms with Gasteiger partial charge in [-0.1, -0.05) is 53.7 Å². The fourth-order valence-electron chi connectivity index (χ4n) is 5.05. The maximum absolute atomic E-state index is 4.54. The van der Waals surface area contributed by atoms with Crippen LogP contribution in [0.5, 0.6) is 0 Å². The first kappa shape index (κ1) is 21.4. The van der Waals surface area contributed by atoms with Gasteiger partial charge < -0.3 is 9.13 Å². The number of para-hydroxylation sites is 2. The van der Waals surface area contributed by atoms with Crippen LogP contribution in [0.15, 0.2) is 102 Å². The molecule has 0 aliphatic rings. The van der Waals surface area contributed by atoms with Gasteiger partial charge in [0.25, 0.3) is 0 Å². The molecule has 5 heterocycles. The third-order valence-corrected chi connectivity index (χ3v) is 8.45. The molecule has 0 N–H and O–H groups in total. The molecule has 5 nitrogen and oxygen atoms in total. The molecule has 0 saturated heterocycles. The highest BCUT2D eigenvalue weighted by atomic mass is 32.1. The van der Waals surface area contributed by atoms with Gasteiger partial charge in [-0.05, 0) is 47.2 Å². The summed E-state index contributed by atoms with van der Waals surface area (Å²) in [5.41, 5.74) is 5.91. The zero-order chi connectivity index (χ0) is 23.9. The molecule has 0 amide bonds. The summed E-state index contributed by atoms with van der Waals surface area (Å²) >= 11 is 3.55. The molecule has 7 rings (SSSR count). The number of hydrogen-bond acceptors (Lipinski definition) is 4. The molecule has 7 heteroatoms. The van der Waals surface area contributed by atoms with Crippen LogP contribution < -0.4 is 0 Å². The number of aromatic nitrogens is 5. The third kappa shape index (κ3) is 3.68. The third-order valence-electron chi connectivity index (χ3n) is 6.67. The molecule has 176 valence electrons. The lowest BCUT2D eigenvalue weighted by Gasteiger charge is -2.12. The van der Waals surface area contributed by atoms with Crippen LogP contribution in [0.3, 0.4) is 0 Å². The van der Waals surface area contributed by atoms with Gasteiger partial charge in [-0.15, -0.1) is 27.8 Å². The van der Waals surface area contributed by atoms with Crippen molar-refractivity contribution in [1.29, 1.82) is 0 Å². The molecule has 0 spiro atoms. The molecule has 0 aliphatic carbocycles. The van der Waals surface area contributed by atoms with Crippen LogP contribution >= 0.6 is 22.7 Å². The minimum atomic E-state index is 0.693. The van der Waals surface area contributed by atoms with E-state index >= 15 is 0 Å². The predicted octanol–water partition coefficient (Wildman–Crippen LogP) is 7.39. The smallest absolute Gasteiger partial charge is 0.102 e. The van der Waals surface area contributed by atoms with Gasteiger partial charge in [-0.25, -0.2) is 0 Å². The highest BCUT2D eigenvalue weighted by Gasteiger charge is 2.15. The molecular weight excluding hydrogens is 482 g/mol. The molecule has 0 aliphatic heterocycles. The topological polar surface area (TPSA) is 40.6 Å². The van der Waals surface area contributed by atoms with Gasteiger partial charge in [0.15, 0.2) is 0 Å². The van der Waals surface area contributed by atoms with Gasteiger partial charge in [0.2, 0.25) is 0 Å². The average Bonchev–Trinajstić information content (AvgIpc) is 3.74. The number of hydrogen-bond donors (Lipinski definition) is 0. The van der Waals surface area contributed by atoms with E-state index in [0.717, 1.165) is 18.8 Å². The van der Waals surface area contributed by atoms with E-state index in [9.17, 15) is 0 Å². The first-order valence-electron chi connectivity index (χ1n) is 12.0. The normalized spacial score (nSPS) is 11.7. The van der Waals surface area contributed by atoms with Crippen LogP contribution in [0.1, 0.15) is 5.69 Å². The number of thiophene rings is 2. The monoisotopic (exact) mass is 505 g/mol. The Morgan fingerprint density at radius 3 is 1.81 bits per heavy atom. The minimum Gasteiger partial charge on any atom is -0.337 e. The van der Waals surface area contributed by atoms with Crippen molar-refractivity contribution in [2.24, 2.45) is 0 Å². The Labute approximate surface area is 216 Å². The summed E-state index contributed by atoms with van der Waals surface area (Å²) in [6.45, 7) is 2.27. The van der Waals surface area contributed by atoms with Crippen molar-refractivity contribution in [2.75, 3.05) is 0 Å². The molecule has 2 aromatic carbocycles. The quantitative estimate of drug-likeness (QED) is 0.227. The minimum absolute atomic E-state index is 0.693. The molecule has 0 unspecified atom stereocenters. The van der Waals surface area contributed by atoms with Gasteiger partial charge in [0, 0.05) is 28.4 Å². The Kier molecular flexibility index (Phi) is 5.30. The van der Waals surface area contributed by atoms with Crippen molar-refractivity contribution in [2.45, 2.75) is 19.6 Å². The number of fused-ring (bicyclic) bond motifs is 3. The molecule has 0 atom stereocenters. The van der Waals surface area contributed by atoms with E-state index in [1.54, 1.807) is 22.7 Å². The summed E-state index contributed by atoms with van der Waals surface area (Å²) in [4.78, 5) is 2.56. The Hall–Kier alpha value is -3.94. The van der Waals surface area contributed by atoms with Crippen molar-refractivity contribution < 1.29 is 0 Å². The van der Waals surface area contributed by atoms with E-state index in [1.807, 2.05) is 4.68 Å². The SMILES string of the molecule is c1csc(-c2ccc(-c3cccs3)n2CCn2cc(Cn3c4ccccc4c4ccccc43)nn2)c1. The second-order valence-electron chi connectivity index (χ2n) is 8.80. The molecule has 5 aromatic heterocycles. The second-order valence-corrected chi connectivity index (χ2v) is 10.7. The summed E-state index contributed by atoms with van der Waals surface area (Å²) in [5, 5.41) is 15.8. The van der Waals surface area contributed by atoms with E-state index in [2.05, 4.69) is 121 Å².